The van der Waals surface area contributed by atoms with Crippen LogP contribution >= 0.6 is 0 Å². The van der Waals surface area contributed by atoms with Crippen molar-refractivity contribution in [1.82, 2.24) is 24.7 Å². The largest absolute Gasteiger partial charge is 0.379 e. The summed E-state index contributed by atoms with van der Waals surface area (Å²) in [5.74, 6) is 0.479. The molecule has 7 nitrogen and oxygen atoms in total. The Kier molecular flexibility index (Phi) is 5.37. The van der Waals surface area contributed by atoms with E-state index in [-0.39, 0.29) is 17.9 Å². The van der Waals surface area contributed by atoms with Gasteiger partial charge in [0, 0.05) is 53.8 Å². The number of para-hydroxylation sites is 1. The highest BCUT2D eigenvalue weighted by Crippen LogP contribution is 2.45. The van der Waals surface area contributed by atoms with Crippen LogP contribution in [0.25, 0.3) is 22.2 Å². The SMILES string of the molecule is CCOC[C@H]1c2[nH]c3ccccc3c2C[C@H](c2cnn(C)c2)N1c1nc(-c2ccc(F)cc2)c[nH]1. The van der Waals surface area contributed by atoms with Crippen LogP contribution < -0.4 is 4.90 Å². The van der Waals surface area contributed by atoms with Crippen molar-refractivity contribution in [2.24, 2.45) is 7.05 Å². The first-order chi connectivity index (χ1) is 17.1. The lowest BCUT2D eigenvalue weighted by molar-refractivity contribution is 0.124. The maximum atomic E-state index is 13.5. The zero-order valence-electron chi connectivity index (χ0n) is 19.7. The van der Waals surface area contributed by atoms with E-state index in [1.165, 1.54) is 23.1 Å². The molecule has 5 aromatic rings. The number of nitrogens with zero attached hydrogens (tertiary/aromatic N) is 4. The Balaban J connectivity index is 1.50. The van der Waals surface area contributed by atoms with Crippen molar-refractivity contribution in [3.63, 3.8) is 0 Å². The Morgan fingerprint density at radius 2 is 1.97 bits per heavy atom. The smallest absolute Gasteiger partial charge is 0.204 e. The van der Waals surface area contributed by atoms with E-state index < -0.39 is 0 Å². The van der Waals surface area contributed by atoms with Gasteiger partial charge >= 0.3 is 0 Å². The number of imidazole rings is 1. The monoisotopic (exact) mass is 470 g/mol. The third-order valence-electron chi connectivity index (χ3n) is 6.79. The molecule has 4 heterocycles. The van der Waals surface area contributed by atoms with Gasteiger partial charge in [0.05, 0.1) is 30.6 Å². The summed E-state index contributed by atoms with van der Waals surface area (Å²) in [6.45, 7) is 3.15. The van der Waals surface area contributed by atoms with E-state index in [0.29, 0.717) is 13.2 Å². The van der Waals surface area contributed by atoms with Crippen molar-refractivity contribution < 1.29 is 9.13 Å². The number of nitrogens with one attached hydrogen (secondary N) is 2. The molecule has 178 valence electrons. The molecule has 0 bridgehead atoms. The van der Waals surface area contributed by atoms with E-state index in [2.05, 4.69) is 50.4 Å². The van der Waals surface area contributed by atoms with Crippen LogP contribution in [0.4, 0.5) is 10.3 Å². The summed E-state index contributed by atoms with van der Waals surface area (Å²) in [6, 6.07) is 14.8. The molecule has 2 aromatic carbocycles. The second-order valence-corrected chi connectivity index (χ2v) is 8.93. The Hall–Kier alpha value is -3.91. The predicted molar refractivity (Wildman–Crippen MR) is 134 cm³/mol. The fourth-order valence-corrected chi connectivity index (χ4v) is 5.16. The summed E-state index contributed by atoms with van der Waals surface area (Å²) in [6.07, 6.45) is 6.68. The number of fused-ring (bicyclic) bond motifs is 3. The molecule has 1 aliphatic heterocycles. The summed E-state index contributed by atoms with van der Waals surface area (Å²) in [4.78, 5) is 14.3. The number of hydrogen-bond donors (Lipinski definition) is 2. The molecule has 0 radical (unpaired) electrons. The van der Waals surface area contributed by atoms with Gasteiger partial charge in [-0.15, -0.1) is 0 Å². The van der Waals surface area contributed by atoms with Gasteiger partial charge in [-0.05, 0) is 49.2 Å². The molecule has 0 saturated carbocycles. The first-order valence-corrected chi connectivity index (χ1v) is 11.9. The van der Waals surface area contributed by atoms with Gasteiger partial charge in [0.2, 0.25) is 5.95 Å². The zero-order chi connectivity index (χ0) is 23.9. The van der Waals surface area contributed by atoms with Crippen molar-refractivity contribution in [2.75, 3.05) is 18.1 Å². The van der Waals surface area contributed by atoms with Crippen LogP contribution in [0.3, 0.4) is 0 Å². The molecule has 0 amide bonds. The number of benzene rings is 2. The number of aromatic amines is 2. The van der Waals surface area contributed by atoms with E-state index in [0.717, 1.165) is 40.4 Å². The Labute approximate surface area is 202 Å². The fourth-order valence-electron chi connectivity index (χ4n) is 5.16. The maximum absolute atomic E-state index is 13.5. The van der Waals surface area contributed by atoms with Crippen LogP contribution in [0, 0.1) is 5.82 Å². The van der Waals surface area contributed by atoms with Gasteiger partial charge in [-0.3, -0.25) is 4.68 Å². The summed E-state index contributed by atoms with van der Waals surface area (Å²) in [7, 11) is 1.94. The minimum atomic E-state index is -0.264. The number of aryl methyl sites for hydroxylation is 1. The molecule has 35 heavy (non-hydrogen) atoms. The van der Waals surface area contributed by atoms with Crippen molar-refractivity contribution in [3.8, 4) is 11.3 Å². The van der Waals surface area contributed by atoms with E-state index in [4.69, 9.17) is 9.72 Å². The molecule has 6 rings (SSSR count). The molecular weight excluding hydrogens is 443 g/mol. The average molecular weight is 471 g/mol. The topological polar surface area (TPSA) is 74.8 Å². The third kappa shape index (κ3) is 3.80. The Morgan fingerprint density at radius 3 is 2.74 bits per heavy atom. The fraction of sp³-hybridized carbons (Fsp3) is 0.259. The second-order valence-electron chi connectivity index (χ2n) is 8.93. The lowest BCUT2D eigenvalue weighted by atomic mass is 9.89. The van der Waals surface area contributed by atoms with Crippen LogP contribution in [0.2, 0.25) is 0 Å². The first kappa shape index (κ1) is 21.6. The van der Waals surface area contributed by atoms with Crippen molar-refractivity contribution >= 4 is 16.9 Å². The van der Waals surface area contributed by atoms with E-state index in [1.54, 1.807) is 12.1 Å². The minimum absolute atomic E-state index is 0.00748. The standard InChI is InChI=1S/C27H27FN6O/c1-3-35-16-25-26-21(20-6-4-5-7-22(20)31-26)12-24(18-13-30-33(2)15-18)34(25)27-29-14-23(32-27)17-8-10-19(28)11-9-17/h4-11,13-15,24-25,31H,3,12,16H2,1-2H3,(H,29,32)/t24-,25+/m1/s1. The quantitative estimate of drug-likeness (QED) is 0.353. The molecule has 2 atom stereocenters. The van der Waals surface area contributed by atoms with E-state index >= 15 is 0 Å². The Morgan fingerprint density at radius 1 is 1.14 bits per heavy atom. The van der Waals surface area contributed by atoms with Crippen molar-refractivity contribution in [3.05, 3.63) is 89.8 Å². The van der Waals surface area contributed by atoms with Crippen LogP contribution in [0.15, 0.2) is 67.1 Å². The molecule has 0 aliphatic carbocycles. The predicted octanol–water partition coefficient (Wildman–Crippen LogP) is 5.31. The van der Waals surface area contributed by atoms with Crippen LogP contribution in [-0.4, -0.2) is 37.9 Å². The molecule has 3 aromatic heterocycles. The molecule has 1 aliphatic rings. The second kappa shape index (κ2) is 8.70. The molecule has 0 saturated heterocycles. The van der Waals surface area contributed by atoms with Crippen molar-refractivity contribution in [2.45, 2.75) is 25.4 Å². The molecule has 0 fully saturated rings. The number of aromatic nitrogens is 5. The van der Waals surface area contributed by atoms with Gasteiger partial charge in [0.25, 0.3) is 0 Å². The van der Waals surface area contributed by atoms with Crippen LogP contribution in [0.5, 0.6) is 0 Å². The normalized spacial score (nSPS) is 17.7. The number of ether oxygens (including phenoxy) is 1. The van der Waals surface area contributed by atoms with Gasteiger partial charge < -0.3 is 19.6 Å². The van der Waals surface area contributed by atoms with Gasteiger partial charge in [-0.1, -0.05) is 18.2 Å². The summed E-state index contributed by atoms with van der Waals surface area (Å²) in [5, 5.41) is 5.70. The molecular formula is C27H27FN6O. The number of hydrogen-bond acceptors (Lipinski definition) is 4. The summed E-state index contributed by atoms with van der Waals surface area (Å²) in [5.41, 5.74) is 6.32. The maximum Gasteiger partial charge on any atom is 0.204 e. The molecule has 8 heteroatoms. The number of rotatable bonds is 6. The number of halogens is 1. The van der Waals surface area contributed by atoms with E-state index in [1.807, 2.05) is 31.0 Å². The third-order valence-corrected chi connectivity index (χ3v) is 6.79. The zero-order valence-corrected chi connectivity index (χ0v) is 19.7. The lowest BCUT2D eigenvalue weighted by Crippen LogP contribution is -2.41. The molecule has 0 unspecified atom stereocenters. The van der Waals surface area contributed by atoms with E-state index in [9.17, 15) is 4.39 Å². The highest BCUT2D eigenvalue weighted by Gasteiger charge is 2.39. The van der Waals surface area contributed by atoms with Crippen molar-refractivity contribution in [1.29, 1.82) is 0 Å². The Bertz CT molecular complexity index is 1470. The van der Waals surface area contributed by atoms with Gasteiger partial charge in [-0.25, -0.2) is 9.37 Å². The molecule has 2 N–H and O–H groups in total. The average Bonchev–Trinajstić information content (AvgIpc) is 3.61. The molecule has 0 spiro atoms. The minimum Gasteiger partial charge on any atom is -0.379 e. The van der Waals surface area contributed by atoms with Gasteiger partial charge in [0.1, 0.15) is 5.82 Å². The summed E-state index contributed by atoms with van der Waals surface area (Å²) >= 11 is 0. The number of anilines is 1. The van der Waals surface area contributed by atoms with Crippen LogP contribution in [0.1, 0.15) is 35.8 Å². The highest BCUT2D eigenvalue weighted by molar-refractivity contribution is 5.85. The summed E-state index contributed by atoms with van der Waals surface area (Å²) < 4.78 is 21.3. The highest BCUT2D eigenvalue weighted by atomic mass is 19.1. The van der Waals surface area contributed by atoms with Crippen LogP contribution in [-0.2, 0) is 18.2 Å². The van der Waals surface area contributed by atoms with Gasteiger partial charge in [0.15, 0.2) is 0 Å². The number of H-pyrrole nitrogens is 2. The first-order valence-electron chi connectivity index (χ1n) is 11.9. The van der Waals surface area contributed by atoms with Gasteiger partial charge in [-0.2, -0.15) is 5.10 Å². The lowest BCUT2D eigenvalue weighted by Gasteiger charge is -2.41.